The Hall–Kier alpha value is -1.32. The van der Waals surface area contributed by atoms with Crippen LogP contribution in [0, 0.1) is 0 Å². The molecular formula is C15H18N2S. The number of nitrogens with zero attached hydrogens (tertiary/aromatic N) is 1. The summed E-state index contributed by atoms with van der Waals surface area (Å²) < 4.78 is 0. The normalized spacial score (nSPS) is 10.5. The van der Waals surface area contributed by atoms with Gasteiger partial charge in [0.05, 0.1) is 0 Å². The molecule has 0 fully saturated rings. The quantitative estimate of drug-likeness (QED) is 0.615. The molecule has 0 aliphatic rings. The number of hydrogen-bond donors (Lipinski definition) is 2. The van der Waals surface area contributed by atoms with Crippen LogP contribution in [-0.2, 0) is 13.0 Å². The van der Waals surface area contributed by atoms with Crippen molar-refractivity contribution in [1.82, 2.24) is 10.3 Å². The van der Waals surface area contributed by atoms with E-state index in [1.54, 1.807) is 0 Å². The minimum absolute atomic E-state index is 0.860. The van der Waals surface area contributed by atoms with Gasteiger partial charge in [-0.25, -0.2) is 0 Å². The first-order chi connectivity index (χ1) is 8.88. The molecule has 18 heavy (non-hydrogen) atoms. The summed E-state index contributed by atoms with van der Waals surface area (Å²) in [4.78, 5) is 4.49. The molecule has 0 radical (unpaired) electrons. The van der Waals surface area contributed by atoms with Gasteiger partial charge in [-0.3, -0.25) is 4.98 Å². The molecule has 0 aliphatic heterocycles. The minimum atomic E-state index is 0.860. The molecule has 0 aliphatic carbocycles. The van der Waals surface area contributed by atoms with Crippen LogP contribution in [0.5, 0.6) is 0 Å². The van der Waals surface area contributed by atoms with E-state index >= 15 is 0 Å². The Kier molecular flexibility index (Phi) is 5.24. The highest BCUT2D eigenvalue weighted by Gasteiger charge is 1.98. The van der Waals surface area contributed by atoms with Crippen molar-refractivity contribution >= 4 is 12.6 Å². The second-order valence-electron chi connectivity index (χ2n) is 4.22. The van der Waals surface area contributed by atoms with E-state index in [1.165, 1.54) is 11.1 Å². The Labute approximate surface area is 114 Å². The molecule has 0 bridgehead atoms. The summed E-state index contributed by atoms with van der Waals surface area (Å²) in [6, 6.07) is 14.7. The number of nitrogens with one attached hydrogen (secondary N) is 1. The highest BCUT2D eigenvalue weighted by atomic mass is 32.1. The van der Waals surface area contributed by atoms with Crippen molar-refractivity contribution < 1.29 is 0 Å². The molecule has 2 rings (SSSR count). The third kappa shape index (κ3) is 4.17. The lowest BCUT2D eigenvalue weighted by atomic mass is 10.1. The molecule has 0 saturated carbocycles. The van der Waals surface area contributed by atoms with E-state index in [2.05, 4.69) is 59.3 Å². The van der Waals surface area contributed by atoms with Crippen LogP contribution in [0.3, 0.4) is 0 Å². The first kappa shape index (κ1) is 13.1. The van der Waals surface area contributed by atoms with Gasteiger partial charge < -0.3 is 5.32 Å². The van der Waals surface area contributed by atoms with Crippen LogP contribution in [0.4, 0.5) is 0 Å². The van der Waals surface area contributed by atoms with Gasteiger partial charge in [0.1, 0.15) is 0 Å². The van der Waals surface area contributed by atoms with Crippen molar-refractivity contribution in [3.63, 3.8) is 0 Å². The second-order valence-corrected chi connectivity index (χ2v) is 4.67. The highest BCUT2D eigenvalue weighted by Crippen LogP contribution is 2.07. The summed E-state index contributed by atoms with van der Waals surface area (Å²) >= 11 is 4.16. The monoisotopic (exact) mass is 258 g/mol. The number of rotatable bonds is 6. The fourth-order valence-electron chi connectivity index (χ4n) is 1.78. The Morgan fingerprint density at radius 2 is 1.83 bits per heavy atom. The van der Waals surface area contributed by atoms with Crippen LogP contribution >= 0.6 is 12.6 Å². The van der Waals surface area contributed by atoms with Crippen molar-refractivity contribution in [1.29, 1.82) is 0 Å². The van der Waals surface area contributed by atoms with Gasteiger partial charge in [-0.05, 0) is 17.2 Å². The fraction of sp³-hybridized carbons (Fsp3) is 0.267. The van der Waals surface area contributed by atoms with Crippen molar-refractivity contribution in [2.45, 2.75) is 13.0 Å². The zero-order valence-corrected chi connectivity index (χ0v) is 11.2. The standard InChI is InChI=1S/C15H18N2S/c18-9-8-16-11-14-6-7-15(17-12-14)10-13-4-2-1-3-5-13/h1-7,12,16,18H,8-11H2. The Balaban J connectivity index is 1.91. The molecule has 0 atom stereocenters. The van der Waals surface area contributed by atoms with Gasteiger partial charge in [-0.15, -0.1) is 0 Å². The predicted molar refractivity (Wildman–Crippen MR) is 79.0 cm³/mol. The van der Waals surface area contributed by atoms with Gasteiger partial charge in [0.2, 0.25) is 0 Å². The fourth-order valence-corrected chi connectivity index (χ4v) is 1.94. The molecule has 2 nitrogen and oxygen atoms in total. The van der Waals surface area contributed by atoms with Gasteiger partial charge in [-0.2, -0.15) is 12.6 Å². The van der Waals surface area contributed by atoms with Crippen LogP contribution in [0.15, 0.2) is 48.7 Å². The van der Waals surface area contributed by atoms with Crippen LogP contribution in [-0.4, -0.2) is 17.3 Å². The average molecular weight is 258 g/mol. The van der Waals surface area contributed by atoms with Crippen LogP contribution < -0.4 is 5.32 Å². The molecule has 3 heteroatoms. The summed E-state index contributed by atoms with van der Waals surface area (Å²) in [6.45, 7) is 1.79. The Morgan fingerprint density at radius 1 is 1.00 bits per heavy atom. The first-order valence-electron chi connectivity index (χ1n) is 6.18. The van der Waals surface area contributed by atoms with E-state index in [-0.39, 0.29) is 0 Å². The molecule has 0 spiro atoms. The van der Waals surface area contributed by atoms with Crippen molar-refractivity contribution in [3.05, 3.63) is 65.5 Å². The number of hydrogen-bond acceptors (Lipinski definition) is 3. The smallest absolute Gasteiger partial charge is 0.0447 e. The summed E-state index contributed by atoms with van der Waals surface area (Å²) in [5.41, 5.74) is 3.62. The lowest BCUT2D eigenvalue weighted by molar-refractivity contribution is 0.729. The SMILES string of the molecule is SCCNCc1ccc(Cc2ccccc2)nc1. The van der Waals surface area contributed by atoms with E-state index in [9.17, 15) is 0 Å². The zero-order valence-electron chi connectivity index (χ0n) is 10.3. The second kappa shape index (κ2) is 7.19. The van der Waals surface area contributed by atoms with E-state index in [1.807, 2.05) is 12.3 Å². The summed E-state index contributed by atoms with van der Waals surface area (Å²) in [5.74, 6) is 0.861. The van der Waals surface area contributed by atoms with E-state index in [4.69, 9.17) is 0 Å². The molecule has 2 aromatic rings. The Morgan fingerprint density at radius 3 is 2.50 bits per heavy atom. The molecule has 1 aromatic heterocycles. The molecule has 0 unspecified atom stereocenters. The Bertz CT molecular complexity index is 454. The molecule has 0 amide bonds. The number of pyridine rings is 1. The van der Waals surface area contributed by atoms with Crippen LogP contribution in [0.25, 0.3) is 0 Å². The average Bonchev–Trinajstić information content (AvgIpc) is 2.42. The maximum atomic E-state index is 4.49. The lowest BCUT2D eigenvalue weighted by Crippen LogP contribution is -2.15. The van der Waals surface area contributed by atoms with Crippen molar-refractivity contribution in [3.8, 4) is 0 Å². The minimum Gasteiger partial charge on any atom is -0.312 e. The lowest BCUT2D eigenvalue weighted by Gasteiger charge is -2.05. The topological polar surface area (TPSA) is 24.9 Å². The van der Waals surface area contributed by atoms with Gasteiger partial charge in [-0.1, -0.05) is 36.4 Å². The van der Waals surface area contributed by atoms with E-state index in [0.717, 1.165) is 31.0 Å². The predicted octanol–water partition coefficient (Wildman–Crippen LogP) is 2.69. The van der Waals surface area contributed by atoms with Gasteiger partial charge in [0.15, 0.2) is 0 Å². The highest BCUT2D eigenvalue weighted by molar-refractivity contribution is 7.80. The summed E-state index contributed by atoms with van der Waals surface area (Å²) in [5, 5.41) is 3.30. The molecule has 0 saturated heterocycles. The van der Waals surface area contributed by atoms with Crippen molar-refractivity contribution in [2.24, 2.45) is 0 Å². The molecule has 1 heterocycles. The van der Waals surface area contributed by atoms with Crippen molar-refractivity contribution in [2.75, 3.05) is 12.3 Å². The summed E-state index contributed by atoms with van der Waals surface area (Å²) in [6.07, 6.45) is 2.84. The maximum Gasteiger partial charge on any atom is 0.0447 e. The largest absolute Gasteiger partial charge is 0.312 e. The summed E-state index contributed by atoms with van der Waals surface area (Å²) in [7, 11) is 0. The maximum absolute atomic E-state index is 4.49. The van der Waals surface area contributed by atoms with Gasteiger partial charge in [0, 0.05) is 37.2 Å². The zero-order chi connectivity index (χ0) is 12.6. The third-order valence-electron chi connectivity index (χ3n) is 2.73. The number of thiol groups is 1. The van der Waals surface area contributed by atoms with E-state index < -0.39 is 0 Å². The molecule has 1 aromatic carbocycles. The van der Waals surface area contributed by atoms with E-state index in [0.29, 0.717) is 0 Å². The van der Waals surface area contributed by atoms with Gasteiger partial charge >= 0.3 is 0 Å². The third-order valence-corrected chi connectivity index (χ3v) is 2.96. The van der Waals surface area contributed by atoms with Gasteiger partial charge in [0.25, 0.3) is 0 Å². The number of benzene rings is 1. The molecule has 94 valence electrons. The first-order valence-corrected chi connectivity index (χ1v) is 6.81. The molecule has 1 N–H and O–H groups in total. The molecular weight excluding hydrogens is 240 g/mol. The van der Waals surface area contributed by atoms with Crippen LogP contribution in [0.1, 0.15) is 16.8 Å². The van der Waals surface area contributed by atoms with Crippen LogP contribution in [0.2, 0.25) is 0 Å². The number of aromatic nitrogens is 1.